The van der Waals surface area contributed by atoms with Crippen LogP contribution in [0.25, 0.3) is 0 Å². The third kappa shape index (κ3) is 2.89. The Morgan fingerprint density at radius 1 is 1.28 bits per heavy atom. The molecule has 18 heavy (non-hydrogen) atoms. The van der Waals surface area contributed by atoms with Crippen LogP contribution in [0.2, 0.25) is 0 Å². The summed E-state index contributed by atoms with van der Waals surface area (Å²) in [4.78, 5) is 12.3. The van der Waals surface area contributed by atoms with Gasteiger partial charge in [-0.25, -0.2) is 0 Å². The Hall–Kier alpha value is -1.82. The number of rotatable bonds is 4. The van der Waals surface area contributed by atoms with Gasteiger partial charge < -0.3 is 5.32 Å². The number of hydrogen-bond donors (Lipinski definition) is 1. The fraction of sp³-hybridized carbons (Fsp3) is 0.467. The molecular formula is C15H20N2O. The van der Waals surface area contributed by atoms with Gasteiger partial charge in [-0.3, -0.25) is 4.79 Å². The minimum Gasteiger partial charge on any atom is -0.337 e. The van der Waals surface area contributed by atoms with Crippen LogP contribution in [0, 0.1) is 11.3 Å². The van der Waals surface area contributed by atoms with Crippen LogP contribution in [-0.4, -0.2) is 11.4 Å². The molecule has 3 nitrogen and oxygen atoms in total. The Bertz CT molecular complexity index is 459. The first kappa shape index (κ1) is 14.2. The molecule has 1 aromatic rings. The van der Waals surface area contributed by atoms with Crippen LogP contribution in [0.5, 0.6) is 0 Å². The predicted octanol–water partition coefficient (Wildman–Crippen LogP) is 2.77. The Balaban J connectivity index is 2.94. The SMILES string of the molecule is CCC(C)(C#N)NC(=O)C(C)(C)c1ccccc1. The van der Waals surface area contributed by atoms with Gasteiger partial charge in [-0.05, 0) is 32.8 Å². The molecule has 0 aliphatic rings. The van der Waals surface area contributed by atoms with Gasteiger partial charge in [0.2, 0.25) is 5.91 Å². The van der Waals surface area contributed by atoms with Gasteiger partial charge in [-0.15, -0.1) is 0 Å². The summed E-state index contributed by atoms with van der Waals surface area (Å²) in [5, 5.41) is 11.9. The summed E-state index contributed by atoms with van der Waals surface area (Å²) < 4.78 is 0. The highest BCUT2D eigenvalue weighted by atomic mass is 16.2. The summed E-state index contributed by atoms with van der Waals surface area (Å²) in [6.07, 6.45) is 0.583. The second kappa shape index (κ2) is 5.22. The smallest absolute Gasteiger partial charge is 0.231 e. The summed E-state index contributed by atoms with van der Waals surface area (Å²) in [5.74, 6) is -0.125. The second-order valence-corrected chi connectivity index (χ2v) is 5.24. The highest BCUT2D eigenvalue weighted by Gasteiger charge is 2.34. The van der Waals surface area contributed by atoms with E-state index in [-0.39, 0.29) is 5.91 Å². The minimum atomic E-state index is -0.802. The van der Waals surface area contributed by atoms with Crippen molar-refractivity contribution < 1.29 is 4.79 Å². The van der Waals surface area contributed by atoms with Crippen LogP contribution in [0.15, 0.2) is 30.3 Å². The van der Waals surface area contributed by atoms with Crippen molar-refractivity contribution in [3.05, 3.63) is 35.9 Å². The normalized spacial score (nSPS) is 14.4. The van der Waals surface area contributed by atoms with Crippen molar-refractivity contribution in [2.45, 2.75) is 45.1 Å². The van der Waals surface area contributed by atoms with E-state index in [9.17, 15) is 4.79 Å². The number of hydrogen-bond acceptors (Lipinski definition) is 2. The van der Waals surface area contributed by atoms with E-state index in [2.05, 4.69) is 11.4 Å². The van der Waals surface area contributed by atoms with E-state index in [1.807, 2.05) is 51.1 Å². The average Bonchev–Trinajstić information content (AvgIpc) is 2.39. The van der Waals surface area contributed by atoms with Gasteiger partial charge in [0.25, 0.3) is 0 Å². The molecule has 0 fully saturated rings. The number of nitrogens with zero attached hydrogens (tertiary/aromatic N) is 1. The Kier molecular flexibility index (Phi) is 4.13. The molecule has 0 radical (unpaired) electrons. The van der Waals surface area contributed by atoms with Gasteiger partial charge in [0, 0.05) is 0 Å². The molecule has 1 rings (SSSR count). The summed E-state index contributed by atoms with van der Waals surface area (Å²) in [5.41, 5.74) is -0.503. The van der Waals surface area contributed by atoms with Crippen LogP contribution >= 0.6 is 0 Å². The molecule has 0 aliphatic carbocycles. The van der Waals surface area contributed by atoms with Crippen molar-refractivity contribution in [1.29, 1.82) is 5.26 Å². The number of benzene rings is 1. The zero-order chi connectivity index (χ0) is 13.8. The quantitative estimate of drug-likeness (QED) is 0.885. The molecule has 1 N–H and O–H groups in total. The fourth-order valence-electron chi connectivity index (χ4n) is 1.59. The van der Waals surface area contributed by atoms with Crippen LogP contribution in [0.3, 0.4) is 0 Å². The standard InChI is InChI=1S/C15H20N2O/c1-5-15(4,11-16)17-13(18)14(2,3)12-9-7-6-8-10-12/h6-10H,5H2,1-4H3,(H,17,18). The van der Waals surface area contributed by atoms with Crippen molar-refractivity contribution in [3.63, 3.8) is 0 Å². The lowest BCUT2D eigenvalue weighted by Gasteiger charge is -2.29. The zero-order valence-electron chi connectivity index (χ0n) is 11.4. The summed E-state index contributed by atoms with van der Waals surface area (Å²) in [6, 6.07) is 11.7. The van der Waals surface area contributed by atoms with E-state index in [0.717, 1.165) is 5.56 Å². The number of nitriles is 1. The lowest BCUT2D eigenvalue weighted by atomic mass is 9.82. The third-order valence-electron chi connectivity index (χ3n) is 3.41. The molecule has 0 spiro atoms. The Morgan fingerprint density at radius 2 is 1.83 bits per heavy atom. The third-order valence-corrected chi connectivity index (χ3v) is 3.41. The van der Waals surface area contributed by atoms with Crippen molar-refractivity contribution in [1.82, 2.24) is 5.32 Å². The molecule has 1 unspecified atom stereocenters. The topological polar surface area (TPSA) is 52.9 Å². The summed E-state index contributed by atoms with van der Waals surface area (Å²) in [7, 11) is 0. The van der Waals surface area contributed by atoms with E-state index in [0.29, 0.717) is 6.42 Å². The van der Waals surface area contributed by atoms with Crippen molar-refractivity contribution in [2.75, 3.05) is 0 Å². The second-order valence-electron chi connectivity index (χ2n) is 5.24. The van der Waals surface area contributed by atoms with Crippen LogP contribution < -0.4 is 5.32 Å². The average molecular weight is 244 g/mol. The van der Waals surface area contributed by atoms with Crippen LogP contribution in [-0.2, 0) is 10.2 Å². The number of nitrogens with one attached hydrogen (secondary N) is 1. The maximum Gasteiger partial charge on any atom is 0.231 e. The molecule has 0 saturated carbocycles. The minimum absolute atomic E-state index is 0.125. The maximum absolute atomic E-state index is 12.3. The largest absolute Gasteiger partial charge is 0.337 e. The van der Waals surface area contributed by atoms with Gasteiger partial charge >= 0.3 is 0 Å². The number of amides is 1. The summed E-state index contributed by atoms with van der Waals surface area (Å²) >= 11 is 0. The van der Waals surface area contributed by atoms with Crippen LogP contribution in [0.4, 0.5) is 0 Å². The number of carbonyl (C=O) groups excluding carboxylic acids is 1. The molecule has 0 heterocycles. The van der Waals surface area contributed by atoms with Crippen molar-refractivity contribution in [3.8, 4) is 6.07 Å². The van der Waals surface area contributed by atoms with Gasteiger partial charge in [-0.1, -0.05) is 37.3 Å². The molecule has 1 aromatic carbocycles. The molecule has 0 aromatic heterocycles. The molecule has 0 saturated heterocycles. The molecule has 0 aliphatic heterocycles. The predicted molar refractivity (Wildman–Crippen MR) is 71.9 cm³/mol. The van der Waals surface area contributed by atoms with E-state index in [1.54, 1.807) is 6.92 Å². The molecule has 1 atom stereocenters. The molecule has 96 valence electrons. The molecule has 1 amide bonds. The van der Waals surface area contributed by atoms with Gasteiger partial charge in [0.15, 0.2) is 0 Å². The fourth-order valence-corrected chi connectivity index (χ4v) is 1.59. The Morgan fingerprint density at radius 3 is 2.28 bits per heavy atom. The molecule has 3 heteroatoms. The van der Waals surface area contributed by atoms with E-state index >= 15 is 0 Å². The maximum atomic E-state index is 12.3. The van der Waals surface area contributed by atoms with E-state index in [1.165, 1.54) is 0 Å². The first-order chi connectivity index (χ1) is 8.35. The van der Waals surface area contributed by atoms with E-state index in [4.69, 9.17) is 5.26 Å². The number of carbonyl (C=O) groups is 1. The first-order valence-corrected chi connectivity index (χ1v) is 6.15. The lowest BCUT2D eigenvalue weighted by Crippen LogP contribution is -2.51. The monoisotopic (exact) mass is 244 g/mol. The van der Waals surface area contributed by atoms with Crippen LogP contribution in [0.1, 0.15) is 39.7 Å². The lowest BCUT2D eigenvalue weighted by molar-refractivity contribution is -0.127. The van der Waals surface area contributed by atoms with Gasteiger partial charge in [0.1, 0.15) is 5.54 Å². The van der Waals surface area contributed by atoms with Crippen molar-refractivity contribution >= 4 is 5.91 Å². The Labute approximate surface area is 109 Å². The summed E-state index contributed by atoms with van der Waals surface area (Å²) in [6.45, 7) is 7.36. The highest BCUT2D eigenvalue weighted by Crippen LogP contribution is 2.24. The molecule has 0 bridgehead atoms. The zero-order valence-corrected chi connectivity index (χ0v) is 11.4. The highest BCUT2D eigenvalue weighted by molar-refractivity contribution is 5.88. The van der Waals surface area contributed by atoms with Gasteiger partial charge in [0.05, 0.1) is 11.5 Å². The molecular weight excluding hydrogens is 224 g/mol. The van der Waals surface area contributed by atoms with Gasteiger partial charge in [-0.2, -0.15) is 5.26 Å². The van der Waals surface area contributed by atoms with E-state index < -0.39 is 11.0 Å². The van der Waals surface area contributed by atoms with Crippen molar-refractivity contribution in [2.24, 2.45) is 0 Å². The first-order valence-electron chi connectivity index (χ1n) is 6.15.